The molecule has 10 heteroatoms. The number of esters is 1. The highest BCUT2D eigenvalue weighted by Crippen LogP contribution is 2.29. The summed E-state index contributed by atoms with van der Waals surface area (Å²) >= 11 is 0. The van der Waals surface area contributed by atoms with Gasteiger partial charge in [0.15, 0.2) is 0 Å². The summed E-state index contributed by atoms with van der Waals surface area (Å²) in [5, 5.41) is 3.15. The number of aromatic nitrogens is 1. The van der Waals surface area contributed by atoms with Crippen molar-refractivity contribution in [1.82, 2.24) is 14.8 Å². The summed E-state index contributed by atoms with van der Waals surface area (Å²) in [5.74, 6) is -1.47. The number of rotatable bonds is 6. The van der Waals surface area contributed by atoms with E-state index in [0.29, 0.717) is 43.7 Å². The minimum Gasteiger partial charge on any atom is -0.461 e. The van der Waals surface area contributed by atoms with Crippen molar-refractivity contribution >= 4 is 34.6 Å². The zero-order valence-corrected chi connectivity index (χ0v) is 17.9. The third-order valence-corrected chi connectivity index (χ3v) is 5.26. The predicted molar refractivity (Wildman–Crippen MR) is 112 cm³/mol. The zero-order chi connectivity index (χ0) is 22.5. The molecule has 1 aromatic heterocycles. The largest absolute Gasteiger partial charge is 0.461 e. The molecule has 0 spiro atoms. The minimum absolute atomic E-state index is 0.0649. The van der Waals surface area contributed by atoms with Crippen LogP contribution < -0.4 is 5.32 Å². The van der Waals surface area contributed by atoms with E-state index in [1.807, 2.05) is 4.90 Å². The molecule has 168 valence electrons. The highest BCUT2D eigenvalue weighted by Gasteiger charge is 2.29. The molecule has 1 unspecified atom stereocenters. The molecular weight excluding hydrogens is 407 g/mol. The number of ether oxygens (including phenoxy) is 2. The highest BCUT2D eigenvalue weighted by atomic mass is 19.1. The van der Waals surface area contributed by atoms with Crippen molar-refractivity contribution in [3.63, 3.8) is 0 Å². The van der Waals surface area contributed by atoms with Gasteiger partial charge in [0.05, 0.1) is 24.9 Å². The number of fused-ring (bicyclic) bond motifs is 1. The van der Waals surface area contributed by atoms with Crippen LogP contribution in [0.25, 0.3) is 10.9 Å². The van der Waals surface area contributed by atoms with Gasteiger partial charge in [-0.05, 0) is 39.0 Å². The normalized spacial score (nSPS) is 15.5. The Morgan fingerprint density at radius 2 is 1.81 bits per heavy atom. The molecule has 9 nitrogen and oxygen atoms in total. The van der Waals surface area contributed by atoms with Crippen molar-refractivity contribution in [2.24, 2.45) is 0 Å². The van der Waals surface area contributed by atoms with Gasteiger partial charge in [0.2, 0.25) is 5.91 Å². The second-order valence-electron chi connectivity index (χ2n) is 7.17. The summed E-state index contributed by atoms with van der Waals surface area (Å²) in [6.45, 7) is 7.54. The first-order valence-corrected chi connectivity index (χ1v) is 10.3. The fourth-order valence-electron chi connectivity index (χ4n) is 3.55. The Morgan fingerprint density at radius 1 is 1.13 bits per heavy atom. The molecule has 0 saturated carbocycles. The van der Waals surface area contributed by atoms with Gasteiger partial charge >= 0.3 is 12.1 Å². The van der Waals surface area contributed by atoms with Crippen molar-refractivity contribution < 1.29 is 28.2 Å². The van der Waals surface area contributed by atoms with Gasteiger partial charge in [-0.2, -0.15) is 0 Å². The van der Waals surface area contributed by atoms with Crippen LogP contribution in [0.3, 0.4) is 0 Å². The third-order valence-electron chi connectivity index (χ3n) is 5.26. The highest BCUT2D eigenvalue weighted by molar-refractivity contribution is 6.11. The molecule has 1 aliphatic rings. The Bertz CT molecular complexity index is 968. The number of carbonyl (C=O) groups is 3. The maximum atomic E-state index is 13.8. The number of halogens is 1. The second-order valence-corrected chi connectivity index (χ2v) is 7.17. The van der Waals surface area contributed by atoms with Crippen LogP contribution in [0.15, 0.2) is 18.2 Å². The molecular formula is C21H27FN4O5. The molecule has 2 N–H and O–H groups in total. The van der Waals surface area contributed by atoms with Gasteiger partial charge in [0, 0.05) is 37.1 Å². The molecule has 1 aliphatic heterocycles. The van der Waals surface area contributed by atoms with E-state index in [1.165, 1.54) is 18.2 Å². The van der Waals surface area contributed by atoms with Crippen LogP contribution in [0.4, 0.5) is 14.9 Å². The van der Waals surface area contributed by atoms with Crippen LogP contribution in [0, 0.1) is 5.82 Å². The number of H-pyrrole nitrogens is 1. The minimum atomic E-state index is -0.634. The number of amides is 2. The number of nitrogens with zero attached hydrogens (tertiary/aromatic N) is 2. The first-order chi connectivity index (χ1) is 14.8. The second kappa shape index (κ2) is 9.78. The lowest BCUT2D eigenvalue weighted by molar-refractivity contribution is -0.121. The van der Waals surface area contributed by atoms with Gasteiger partial charge < -0.3 is 24.7 Å². The van der Waals surface area contributed by atoms with Gasteiger partial charge in [-0.25, -0.2) is 14.0 Å². The number of benzene rings is 1. The molecule has 2 amide bonds. The summed E-state index contributed by atoms with van der Waals surface area (Å²) < 4.78 is 23.9. The average Bonchev–Trinajstić information content (AvgIpc) is 3.11. The SMILES string of the molecule is CCOC(=O)c1[nH]c2ccc(F)cc2c1NC(=O)C(C)N1CCN(C(=O)OCC)CC1. The first kappa shape index (κ1) is 22.5. The number of carbonyl (C=O) groups excluding carboxylic acids is 3. The molecule has 2 aromatic rings. The van der Waals surface area contributed by atoms with E-state index >= 15 is 0 Å². The van der Waals surface area contributed by atoms with Gasteiger partial charge in [0.25, 0.3) is 0 Å². The first-order valence-electron chi connectivity index (χ1n) is 10.3. The van der Waals surface area contributed by atoms with Crippen molar-refractivity contribution in [3.8, 4) is 0 Å². The van der Waals surface area contributed by atoms with Crippen LogP contribution in [-0.4, -0.2) is 78.2 Å². The lowest BCUT2D eigenvalue weighted by Crippen LogP contribution is -2.54. The number of piperazine rings is 1. The fraction of sp³-hybridized carbons (Fsp3) is 0.476. The zero-order valence-electron chi connectivity index (χ0n) is 17.9. The Hall–Kier alpha value is -3.14. The Labute approximate surface area is 179 Å². The number of aromatic amines is 1. The van der Waals surface area contributed by atoms with E-state index in [0.717, 1.165) is 0 Å². The quantitative estimate of drug-likeness (QED) is 0.678. The smallest absolute Gasteiger partial charge is 0.409 e. The average molecular weight is 434 g/mol. The lowest BCUT2D eigenvalue weighted by atomic mass is 10.1. The molecule has 31 heavy (non-hydrogen) atoms. The van der Waals surface area contributed by atoms with E-state index in [2.05, 4.69) is 10.3 Å². The molecule has 1 atom stereocenters. The summed E-state index contributed by atoms with van der Waals surface area (Å²) in [4.78, 5) is 43.6. The van der Waals surface area contributed by atoms with Gasteiger partial charge in [0.1, 0.15) is 11.5 Å². The lowest BCUT2D eigenvalue weighted by Gasteiger charge is -2.36. The summed E-state index contributed by atoms with van der Waals surface area (Å²) in [6, 6.07) is 3.50. The number of hydrogen-bond acceptors (Lipinski definition) is 6. The van der Waals surface area contributed by atoms with E-state index in [-0.39, 0.29) is 30.0 Å². The fourth-order valence-corrected chi connectivity index (χ4v) is 3.55. The molecule has 1 fully saturated rings. The van der Waals surface area contributed by atoms with Crippen LogP contribution in [0.5, 0.6) is 0 Å². The Balaban J connectivity index is 1.75. The van der Waals surface area contributed by atoms with Crippen LogP contribution >= 0.6 is 0 Å². The molecule has 1 saturated heterocycles. The van der Waals surface area contributed by atoms with Crippen LogP contribution in [-0.2, 0) is 14.3 Å². The van der Waals surface area contributed by atoms with E-state index in [4.69, 9.17) is 9.47 Å². The molecule has 2 heterocycles. The number of nitrogens with one attached hydrogen (secondary N) is 2. The van der Waals surface area contributed by atoms with Gasteiger partial charge in [-0.3, -0.25) is 9.69 Å². The standard InChI is InChI=1S/C21H27FN4O5/c1-4-30-20(28)18-17(15-12-14(22)6-7-16(15)23-18)24-19(27)13(3)25-8-10-26(11-9-25)21(29)31-5-2/h6-7,12-13,23H,4-5,8-11H2,1-3H3,(H,24,27). The molecule has 3 rings (SSSR count). The Kier molecular flexibility index (Phi) is 7.11. The number of anilines is 1. The molecule has 1 aromatic carbocycles. The van der Waals surface area contributed by atoms with E-state index < -0.39 is 17.8 Å². The number of hydrogen-bond donors (Lipinski definition) is 2. The summed E-state index contributed by atoms with van der Waals surface area (Å²) in [7, 11) is 0. The van der Waals surface area contributed by atoms with Crippen molar-refractivity contribution in [1.29, 1.82) is 0 Å². The predicted octanol–water partition coefficient (Wildman–Crippen LogP) is 2.58. The molecule has 0 aliphatic carbocycles. The maximum absolute atomic E-state index is 13.8. The Morgan fingerprint density at radius 3 is 2.45 bits per heavy atom. The van der Waals surface area contributed by atoms with Crippen molar-refractivity contribution in [2.75, 3.05) is 44.7 Å². The van der Waals surface area contributed by atoms with Gasteiger partial charge in [-0.15, -0.1) is 0 Å². The molecule has 0 bridgehead atoms. The van der Waals surface area contributed by atoms with E-state index in [1.54, 1.807) is 25.7 Å². The van der Waals surface area contributed by atoms with Crippen LogP contribution in [0.1, 0.15) is 31.3 Å². The van der Waals surface area contributed by atoms with E-state index in [9.17, 15) is 18.8 Å². The monoisotopic (exact) mass is 434 g/mol. The topological polar surface area (TPSA) is 104 Å². The van der Waals surface area contributed by atoms with Crippen molar-refractivity contribution in [3.05, 3.63) is 29.7 Å². The third kappa shape index (κ3) is 4.96. The van der Waals surface area contributed by atoms with Crippen molar-refractivity contribution in [2.45, 2.75) is 26.8 Å². The maximum Gasteiger partial charge on any atom is 0.409 e. The molecule has 0 radical (unpaired) electrons. The van der Waals surface area contributed by atoms with Gasteiger partial charge in [-0.1, -0.05) is 0 Å². The summed E-state index contributed by atoms with van der Waals surface area (Å²) in [6.07, 6.45) is -0.362. The van der Waals surface area contributed by atoms with Crippen LogP contribution in [0.2, 0.25) is 0 Å². The summed E-state index contributed by atoms with van der Waals surface area (Å²) in [5.41, 5.74) is 0.764.